The average molecular weight is 387 g/mol. The number of morpholine rings is 1. The van der Waals surface area contributed by atoms with Crippen molar-refractivity contribution in [2.45, 2.75) is 12.2 Å². The molecule has 0 spiro atoms. The summed E-state index contributed by atoms with van der Waals surface area (Å²) in [5, 5.41) is 3.56. The molecule has 9 heteroatoms. The molecule has 0 bridgehead atoms. The summed E-state index contributed by atoms with van der Waals surface area (Å²) in [6.07, 6.45) is -1.48. The van der Waals surface area contributed by atoms with E-state index in [-0.39, 0.29) is 6.04 Å². The molecular formula is C17H18ClF3N4O. The molecule has 1 aliphatic rings. The van der Waals surface area contributed by atoms with E-state index in [0.717, 1.165) is 17.7 Å². The third-order valence-electron chi connectivity index (χ3n) is 4.24. The summed E-state index contributed by atoms with van der Waals surface area (Å²) in [4.78, 5) is 10.1. The fourth-order valence-electron chi connectivity index (χ4n) is 2.88. The van der Waals surface area contributed by atoms with Crippen LogP contribution in [0.1, 0.15) is 17.2 Å². The number of rotatable bonds is 5. The number of alkyl halides is 3. The van der Waals surface area contributed by atoms with E-state index in [2.05, 4.69) is 20.2 Å². The second-order valence-electron chi connectivity index (χ2n) is 5.88. The summed E-state index contributed by atoms with van der Waals surface area (Å²) in [6, 6.07) is 5.13. The molecule has 1 unspecified atom stereocenters. The molecule has 0 amide bonds. The van der Waals surface area contributed by atoms with Gasteiger partial charge in [-0.25, -0.2) is 9.97 Å². The quantitative estimate of drug-likeness (QED) is 0.850. The summed E-state index contributed by atoms with van der Waals surface area (Å²) in [6.45, 7) is 3.02. The Bertz CT molecular complexity index is 721. The van der Waals surface area contributed by atoms with Gasteiger partial charge in [0.15, 0.2) is 0 Å². The van der Waals surface area contributed by atoms with Gasteiger partial charge in [0.2, 0.25) is 0 Å². The van der Waals surface area contributed by atoms with Gasteiger partial charge < -0.3 is 10.1 Å². The van der Waals surface area contributed by atoms with Crippen LogP contribution in [0.2, 0.25) is 5.02 Å². The zero-order chi connectivity index (χ0) is 18.6. The number of benzene rings is 1. The van der Waals surface area contributed by atoms with Crippen molar-refractivity contribution in [1.29, 1.82) is 0 Å². The molecule has 26 heavy (non-hydrogen) atoms. The van der Waals surface area contributed by atoms with Gasteiger partial charge in [0.05, 0.1) is 31.0 Å². The zero-order valence-corrected chi connectivity index (χ0v) is 14.6. The first-order valence-corrected chi connectivity index (χ1v) is 8.51. The molecular weight excluding hydrogens is 369 g/mol. The predicted octanol–water partition coefficient (Wildman–Crippen LogP) is 3.63. The van der Waals surface area contributed by atoms with E-state index < -0.39 is 11.7 Å². The van der Waals surface area contributed by atoms with E-state index in [1.807, 2.05) is 0 Å². The molecule has 1 aliphatic heterocycles. The summed E-state index contributed by atoms with van der Waals surface area (Å²) >= 11 is 6.06. The van der Waals surface area contributed by atoms with E-state index in [1.54, 1.807) is 0 Å². The lowest BCUT2D eigenvalue weighted by atomic mass is 10.0. The molecule has 1 saturated heterocycles. The maximum Gasteiger partial charge on any atom is 0.416 e. The van der Waals surface area contributed by atoms with Gasteiger partial charge in [0.25, 0.3) is 0 Å². The molecule has 0 radical (unpaired) electrons. The van der Waals surface area contributed by atoms with Crippen molar-refractivity contribution in [3.63, 3.8) is 0 Å². The Kier molecular flexibility index (Phi) is 5.95. The van der Waals surface area contributed by atoms with Crippen LogP contribution in [0.3, 0.4) is 0 Å². The van der Waals surface area contributed by atoms with Crippen LogP contribution in [0.5, 0.6) is 0 Å². The van der Waals surface area contributed by atoms with Gasteiger partial charge in [-0.3, -0.25) is 4.90 Å². The van der Waals surface area contributed by atoms with E-state index in [4.69, 9.17) is 16.3 Å². The highest BCUT2D eigenvalue weighted by Crippen LogP contribution is 2.31. The van der Waals surface area contributed by atoms with Gasteiger partial charge in [0, 0.05) is 19.6 Å². The van der Waals surface area contributed by atoms with Crippen LogP contribution in [0.4, 0.5) is 19.0 Å². The number of aromatic nitrogens is 2. The van der Waals surface area contributed by atoms with Crippen molar-refractivity contribution in [2.75, 3.05) is 38.2 Å². The number of anilines is 1. The first kappa shape index (κ1) is 18.9. The zero-order valence-electron chi connectivity index (χ0n) is 13.8. The summed E-state index contributed by atoms with van der Waals surface area (Å²) in [7, 11) is 0. The minimum Gasteiger partial charge on any atom is -0.379 e. The van der Waals surface area contributed by atoms with Crippen LogP contribution in [0.15, 0.2) is 36.8 Å². The Balaban J connectivity index is 1.80. The molecule has 5 nitrogen and oxygen atoms in total. The number of nitrogens with zero attached hydrogens (tertiary/aromatic N) is 3. The SMILES string of the molecule is FC(F)(F)c1ccc(C(CNc2ncncc2Cl)N2CCOCC2)cc1. The molecule has 1 fully saturated rings. The Hall–Kier alpha value is -1.90. The average Bonchev–Trinajstić information content (AvgIpc) is 2.64. The number of hydrogen-bond acceptors (Lipinski definition) is 5. The molecule has 1 aromatic heterocycles. The Morgan fingerprint density at radius 3 is 2.50 bits per heavy atom. The largest absolute Gasteiger partial charge is 0.416 e. The van der Waals surface area contributed by atoms with E-state index in [9.17, 15) is 13.2 Å². The van der Waals surface area contributed by atoms with Gasteiger partial charge in [-0.05, 0) is 17.7 Å². The van der Waals surface area contributed by atoms with Crippen molar-refractivity contribution in [2.24, 2.45) is 0 Å². The lowest BCUT2D eigenvalue weighted by Gasteiger charge is -2.35. The minimum absolute atomic E-state index is 0.132. The smallest absolute Gasteiger partial charge is 0.379 e. The minimum atomic E-state index is -4.35. The van der Waals surface area contributed by atoms with E-state index in [0.29, 0.717) is 43.7 Å². The summed E-state index contributed by atoms with van der Waals surface area (Å²) in [5.41, 5.74) is 0.131. The van der Waals surface area contributed by atoms with Crippen molar-refractivity contribution in [3.8, 4) is 0 Å². The van der Waals surface area contributed by atoms with Gasteiger partial charge in [-0.15, -0.1) is 0 Å². The van der Waals surface area contributed by atoms with Gasteiger partial charge in [0.1, 0.15) is 17.2 Å². The monoisotopic (exact) mass is 386 g/mol. The second kappa shape index (κ2) is 8.20. The number of ether oxygens (including phenoxy) is 1. The highest BCUT2D eigenvalue weighted by molar-refractivity contribution is 6.32. The van der Waals surface area contributed by atoms with Gasteiger partial charge >= 0.3 is 6.18 Å². The third kappa shape index (κ3) is 4.63. The van der Waals surface area contributed by atoms with Crippen LogP contribution in [0, 0.1) is 0 Å². The van der Waals surface area contributed by atoms with Gasteiger partial charge in [-0.1, -0.05) is 23.7 Å². The second-order valence-corrected chi connectivity index (χ2v) is 6.29. The van der Waals surface area contributed by atoms with Crippen molar-refractivity contribution in [1.82, 2.24) is 14.9 Å². The first-order valence-electron chi connectivity index (χ1n) is 8.13. The molecule has 1 atom stereocenters. The molecule has 140 valence electrons. The maximum absolute atomic E-state index is 12.8. The standard InChI is InChI=1S/C17H18ClF3N4O/c18-14-9-22-11-24-16(14)23-10-15(25-5-7-26-8-6-25)12-1-3-13(4-2-12)17(19,20)21/h1-4,9,11,15H,5-8,10H2,(H,22,23,24). The van der Waals surface area contributed by atoms with Crippen molar-refractivity contribution < 1.29 is 17.9 Å². The third-order valence-corrected chi connectivity index (χ3v) is 4.52. The Morgan fingerprint density at radius 1 is 1.19 bits per heavy atom. The molecule has 1 N–H and O–H groups in total. The van der Waals surface area contributed by atoms with Crippen LogP contribution in [-0.4, -0.2) is 47.7 Å². The Morgan fingerprint density at radius 2 is 1.88 bits per heavy atom. The summed E-state index contributed by atoms with van der Waals surface area (Å²) in [5.74, 6) is 0.492. The van der Waals surface area contributed by atoms with Crippen molar-refractivity contribution in [3.05, 3.63) is 52.9 Å². The fraction of sp³-hybridized carbons (Fsp3) is 0.412. The number of nitrogens with one attached hydrogen (secondary N) is 1. The molecule has 0 saturated carbocycles. The number of hydrogen-bond donors (Lipinski definition) is 1. The lowest BCUT2D eigenvalue weighted by molar-refractivity contribution is -0.137. The lowest BCUT2D eigenvalue weighted by Crippen LogP contribution is -2.41. The summed E-state index contributed by atoms with van der Waals surface area (Å²) < 4.78 is 43.8. The maximum atomic E-state index is 12.8. The van der Waals surface area contributed by atoms with Gasteiger partial charge in [-0.2, -0.15) is 13.2 Å². The highest BCUT2D eigenvalue weighted by Gasteiger charge is 2.31. The first-order chi connectivity index (χ1) is 12.4. The van der Waals surface area contributed by atoms with E-state index in [1.165, 1.54) is 24.7 Å². The molecule has 0 aliphatic carbocycles. The van der Waals surface area contributed by atoms with Crippen molar-refractivity contribution >= 4 is 17.4 Å². The van der Waals surface area contributed by atoms with Crippen LogP contribution < -0.4 is 5.32 Å². The molecule has 2 heterocycles. The van der Waals surface area contributed by atoms with Crippen LogP contribution in [0.25, 0.3) is 0 Å². The molecule has 3 rings (SSSR count). The number of halogens is 4. The molecule has 2 aromatic rings. The highest BCUT2D eigenvalue weighted by atomic mass is 35.5. The normalized spacial score (nSPS) is 17.1. The van der Waals surface area contributed by atoms with Crippen LogP contribution >= 0.6 is 11.6 Å². The topological polar surface area (TPSA) is 50.3 Å². The van der Waals surface area contributed by atoms with Crippen LogP contribution in [-0.2, 0) is 10.9 Å². The Labute approximate surface area is 154 Å². The molecule has 1 aromatic carbocycles. The predicted molar refractivity (Wildman–Crippen MR) is 92.1 cm³/mol. The fourth-order valence-corrected chi connectivity index (χ4v) is 3.05. The van der Waals surface area contributed by atoms with E-state index >= 15 is 0 Å².